The van der Waals surface area contributed by atoms with Gasteiger partial charge in [-0.2, -0.15) is 9.97 Å². The Morgan fingerprint density at radius 2 is 2.02 bits per heavy atom. The highest BCUT2D eigenvalue weighted by Crippen LogP contribution is 2.35. The normalized spacial score (nSPS) is 21.0. The van der Waals surface area contributed by atoms with Gasteiger partial charge in [-0.15, -0.1) is 0 Å². The number of alkyl halides is 1. The lowest BCUT2D eigenvalue weighted by atomic mass is 10.0. The first kappa shape index (κ1) is 27.2. The predicted octanol–water partition coefficient (Wildman–Crippen LogP) is 3.33. The summed E-state index contributed by atoms with van der Waals surface area (Å²) in [5.41, 5.74) is 3.62. The highest BCUT2D eigenvalue weighted by molar-refractivity contribution is 5.92. The lowest BCUT2D eigenvalue weighted by Gasteiger charge is -2.38. The van der Waals surface area contributed by atoms with E-state index in [4.69, 9.17) is 14.7 Å². The Morgan fingerprint density at radius 3 is 2.83 bits per heavy atom. The summed E-state index contributed by atoms with van der Waals surface area (Å²) in [6.07, 6.45) is 5.89. The van der Waals surface area contributed by atoms with Gasteiger partial charge in [-0.1, -0.05) is 12.6 Å². The van der Waals surface area contributed by atoms with E-state index in [1.807, 2.05) is 12.1 Å². The Bertz CT molecular complexity index is 1430. The van der Waals surface area contributed by atoms with Crippen LogP contribution in [0.5, 0.6) is 11.8 Å². The molecule has 0 radical (unpaired) electrons. The van der Waals surface area contributed by atoms with E-state index in [0.29, 0.717) is 71.1 Å². The van der Waals surface area contributed by atoms with Crippen molar-refractivity contribution in [3.63, 3.8) is 0 Å². The van der Waals surface area contributed by atoms with Gasteiger partial charge in [0.1, 0.15) is 11.6 Å². The number of hydrogen-bond donors (Lipinski definition) is 2. The molecule has 0 aliphatic carbocycles. The molecule has 0 bridgehead atoms. The molecule has 10 nitrogen and oxygen atoms in total. The van der Waals surface area contributed by atoms with E-state index < -0.39 is 6.30 Å². The Kier molecular flexibility index (Phi) is 7.86. The first-order valence-electron chi connectivity index (χ1n) is 14.4. The third kappa shape index (κ3) is 5.90. The number of nitrogens with zero attached hydrogens (tertiary/aromatic N) is 6. The van der Waals surface area contributed by atoms with Crippen LogP contribution >= 0.6 is 0 Å². The van der Waals surface area contributed by atoms with Gasteiger partial charge in [0, 0.05) is 62.0 Å². The summed E-state index contributed by atoms with van der Waals surface area (Å²) in [7, 11) is 0. The van der Waals surface area contributed by atoms with Crippen molar-refractivity contribution < 1.29 is 19.0 Å². The van der Waals surface area contributed by atoms with Crippen LogP contribution in [0.3, 0.4) is 0 Å². The van der Waals surface area contributed by atoms with Gasteiger partial charge in [-0.25, -0.2) is 4.39 Å². The van der Waals surface area contributed by atoms with Gasteiger partial charge in [-0.3, -0.25) is 15.1 Å². The number of piperazine rings is 1. The van der Waals surface area contributed by atoms with Crippen molar-refractivity contribution in [2.75, 3.05) is 49.1 Å². The van der Waals surface area contributed by atoms with Gasteiger partial charge in [0.25, 0.3) is 0 Å². The van der Waals surface area contributed by atoms with Crippen molar-refractivity contribution in [1.29, 1.82) is 0 Å². The first-order valence-corrected chi connectivity index (χ1v) is 14.4. The maximum absolute atomic E-state index is 13.8. The Balaban J connectivity index is 1.26. The molecule has 3 aromatic rings. The van der Waals surface area contributed by atoms with Crippen molar-refractivity contribution in [3.8, 4) is 11.8 Å². The zero-order valence-corrected chi connectivity index (χ0v) is 23.1. The van der Waals surface area contributed by atoms with E-state index in [-0.39, 0.29) is 17.7 Å². The number of aromatic hydroxyl groups is 1. The number of carbonyl (C=O) groups excluding carboxylic acids is 1. The van der Waals surface area contributed by atoms with Gasteiger partial charge in [0.15, 0.2) is 6.30 Å². The van der Waals surface area contributed by atoms with Crippen LogP contribution in [0, 0.1) is 0 Å². The minimum absolute atomic E-state index is 0.0622. The summed E-state index contributed by atoms with van der Waals surface area (Å²) in [6.45, 7) is 7.70. The number of halogens is 1. The van der Waals surface area contributed by atoms with E-state index in [1.165, 1.54) is 6.08 Å². The number of benzene rings is 1. The molecule has 2 fully saturated rings. The van der Waals surface area contributed by atoms with E-state index in [9.17, 15) is 14.3 Å². The quantitative estimate of drug-likeness (QED) is 0.332. The van der Waals surface area contributed by atoms with Crippen LogP contribution in [-0.4, -0.2) is 82.5 Å². The second-order valence-corrected chi connectivity index (χ2v) is 10.9. The fourth-order valence-electron chi connectivity index (χ4n) is 6.07. The van der Waals surface area contributed by atoms with Crippen LogP contribution in [0.2, 0.25) is 0 Å². The van der Waals surface area contributed by atoms with Gasteiger partial charge < -0.3 is 24.5 Å². The molecular formula is C30H36FN7O3. The molecule has 5 heterocycles. The summed E-state index contributed by atoms with van der Waals surface area (Å²) in [5.74, 6) is 0.971. The number of ether oxygens (including phenoxy) is 1. The topological polar surface area (TPSA) is 107 Å². The molecule has 1 amide bonds. The van der Waals surface area contributed by atoms with Crippen LogP contribution in [0.1, 0.15) is 36.9 Å². The van der Waals surface area contributed by atoms with Crippen molar-refractivity contribution in [1.82, 2.24) is 25.2 Å². The van der Waals surface area contributed by atoms with E-state index in [2.05, 4.69) is 26.7 Å². The average molecular weight is 562 g/mol. The highest BCUT2D eigenvalue weighted by Gasteiger charge is 2.29. The lowest BCUT2D eigenvalue weighted by molar-refractivity contribution is -0.126. The number of hydrogen-bond acceptors (Lipinski definition) is 9. The molecule has 2 N–H and O–H groups in total. The number of piperidine rings is 1. The molecule has 0 spiro atoms. The van der Waals surface area contributed by atoms with Crippen molar-refractivity contribution in [3.05, 3.63) is 54.4 Å². The Labute approximate surface area is 238 Å². The number of rotatable bonds is 7. The lowest BCUT2D eigenvalue weighted by Crippen LogP contribution is -2.49. The van der Waals surface area contributed by atoms with Crippen LogP contribution in [0.25, 0.3) is 10.9 Å². The molecule has 41 heavy (non-hydrogen) atoms. The molecule has 3 aliphatic heterocycles. The van der Waals surface area contributed by atoms with Crippen LogP contribution in [0.15, 0.2) is 43.1 Å². The van der Waals surface area contributed by atoms with E-state index in [1.54, 1.807) is 23.2 Å². The molecule has 3 aliphatic rings. The number of fused-ring (bicyclic) bond motifs is 2. The monoisotopic (exact) mass is 561 g/mol. The molecule has 0 saturated carbocycles. The summed E-state index contributed by atoms with van der Waals surface area (Å²) < 4.78 is 19.9. The van der Waals surface area contributed by atoms with Gasteiger partial charge in [-0.05, 0) is 50.3 Å². The maximum Gasteiger partial charge on any atom is 0.318 e. The maximum atomic E-state index is 13.8. The van der Waals surface area contributed by atoms with Gasteiger partial charge in [0.05, 0.1) is 30.0 Å². The zero-order valence-electron chi connectivity index (χ0n) is 23.1. The molecule has 216 valence electrons. The molecule has 2 saturated heterocycles. The van der Waals surface area contributed by atoms with E-state index >= 15 is 0 Å². The van der Waals surface area contributed by atoms with E-state index in [0.717, 1.165) is 46.5 Å². The smallest absolute Gasteiger partial charge is 0.318 e. The van der Waals surface area contributed by atoms with Crippen LogP contribution < -0.4 is 19.9 Å². The third-order valence-corrected chi connectivity index (χ3v) is 8.22. The zero-order chi connectivity index (χ0) is 28.3. The molecule has 2 atom stereocenters. The minimum atomic E-state index is -0.957. The second-order valence-electron chi connectivity index (χ2n) is 10.9. The molecular weight excluding hydrogens is 525 g/mol. The number of pyridine rings is 1. The third-order valence-electron chi connectivity index (χ3n) is 8.22. The fraction of sp³-hybridized carbons (Fsp3) is 0.467. The Hall–Kier alpha value is -3.99. The molecule has 1 unspecified atom stereocenters. The number of nitrogens with one attached hydrogen (secondary N) is 1. The minimum Gasteiger partial charge on any atom is -0.508 e. The number of phenols is 1. The summed E-state index contributed by atoms with van der Waals surface area (Å²) >= 11 is 0. The molecule has 1 aromatic carbocycles. The van der Waals surface area contributed by atoms with Crippen molar-refractivity contribution >= 4 is 28.3 Å². The SMILES string of the molecule is C=CC(=O)N1CCN(c2nc(OCCC3CCC[C@@H](F)N3)nc3c2CCN(c2cc(O)cc4cccnc24)C3)CC1. The van der Waals surface area contributed by atoms with Crippen molar-refractivity contribution in [2.45, 2.75) is 51.0 Å². The van der Waals surface area contributed by atoms with Gasteiger partial charge in [0.2, 0.25) is 5.91 Å². The number of aromatic nitrogens is 3. The summed E-state index contributed by atoms with van der Waals surface area (Å²) in [5, 5.41) is 14.3. The Morgan fingerprint density at radius 1 is 1.17 bits per heavy atom. The number of anilines is 2. The fourth-order valence-corrected chi connectivity index (χ4v) is 6.07. The van der Waals surface area contributed by atoms with Gasteiger partial charge >= 0.3 is 6.01 Å². The molecule has 11 heteroatoms. The van der Waals surface area contributed by atoms with Crippen LogP contribution in [0.4, 0.5) is 15.9 Å². The number of amides is 1. The highest BCUT2D eigenvalue weighted by atomic mass is 19.1. The first-order chi connectivity index (χ1) is 20.0. The second kappa shape index (κ2) is 11.9. The van der Waals surface area contributed by atoms with Crippen LogP contribution in [-0.2, 0) is 17.8 Å². The standard InChI is InChI=1S/C30H36FN7O3/c1-2-27(40)36-12-14-37(15-13-36)29-23-8-11-38(25-18-22(39)17-20-5-4-10-32-28(20)25)19-24(23)34-30(35-29)41-16-9-21-6-3-7-26(31)33-21/h2,4-5,10,17-18,21,26,33,39H,1,3,6-9,11-16,19H2/t21?,26-/m0/s1. The van der Waals surface area contributed by atoms with Crippen molar-refractivity contribution in [2.24, 2.45) is 0 Å². The average Bonchev–Trinajstić information content (AvgIpc) is 2.99. The summed E-state index contributed by atoms with van der Waals surface area (Å²) in [6, 6.07) is 7.66. The predicted molar refractivity (Wildman–Crippen MR) is 155 cm³/mol. The largest absolute Gasteiger partial charge is 0.508 e. The number of phenolic OH excluding ortho intramolecular Hbond substituents is 1. The molecule has 6 rings (SSSR count). The number of carbonyl (C=O) groups is 1. The summed E-state index contributed by atoms with van der Waals surface area (Å²) in [4.78, 5) is 32.6. The molecule has 2 aromatic heterocycles.